The molecule has 7 heteroatoms. The van der Waals surface area contributed by atoms with Gasteiger partial charge in [-0.1, -0.05) is 0 Å². The summed E-state index contributed by atoms with van der Waals surface area (Å²) in [7, 11) is 0. The van der Waals surface area contributed by atoms with Crippen molar-refractivity contribution in [3.8, 4) is 0 Å². The third kappa shape index (κ3) is 3.13. The van der Waals surface area contributed by atoms with Crippen molar-refractivity contribution in [2.75, 3.05) is 11.9 Å². The molecule has 17 heavy (non-hydrogen) atoms. The minimum Gasteiger partial charge on any atom is -0.350 e. The van der Waals surface area contributed by atoms with Gasteiger partial charge in [0.25, 0.3) is 5.91 Å². The molecule has 0 spiro atoms. The van der Waals surface area contributed by atoms with Gasteiger partial charge in [-0.25, -0.2) is 4.98 Å². The van der Waals surface area contributed by atoms with E-state index in [4.69, 9.17) is 0 Å². The van der Waals surface area contributed by atoms with Gasteiger partial charge >= 0.3 is 11.5 Å². The standard InChI is InChI=1S/C10H12N4O3/c15-9(13-7-3-4-7)6-12-10-8(14(16)17)2-1-5-11-10/h1-2,5,7H,3-4,6H2,(H,11,12)(H,13,15)/p+1. The molecule has 7 nitrogen and oxygen atoms in total. The molecular weight excluding hydrogens is 224 g/mol. The molecule has 0 unspecified atom stereocenters. The van der Waals surface area contributed by atoms with Gasteiger partial charge in [0.2, 0.25) is 0 Å². The number of amides is 1. The molecular formula is C10H13N4O3+. The number of carbonyl (C=O) groups excluding carboxylic acids is 1. The lowest BCUT2D eigenvalue weighted by Gasteiger charge is -2.01. The Morgan fingerprint density at radius 2 is 2.35 bits per heavy atom. The number of carbonyl (C=O) groups is 1. The number of nitro groups is 1. The monoisotopic (exact) mass is 237 g/mol. The summed E-state index contributed by atoms with van der Waals surface area (Å²) in [6.07, 6.45) is 3.60. The van der Waals surface area contributed by atoms with Crippen molar-refractivity contribution < 1.29 is 14.7 Å². The van der Waals surface area contributed by atoms with Crippen LogP contribution in [0.1, 0.15) is 12.8 Å². The second-order valence-corrected chi connectivity index (χ2v) is 3.88. The second-order valence-electron chi connectivity index (χ2n) is 3.88. The summed E-state index contributed by atoms with van der Waals surface area (Å²) in [6, 6.07) is 3.20. The third-order valence-electron chi connectivity index (χ3n) is 2.40. The molecule has 90 valence electrons. The van der Waals surface area contributed by atoms with E-state index >= 15 is 0 Å². The van der Waals surface area contributed by atoms with Gasteiger partial charge in [0, 0.05) is 12.1 Å². The molecule has 0 aliphatic heterocycles. The van der Waals surface area contributed by atoms with E-state index in [-0.39, 0.29) is 24.0 Å². The Morgan fingerprint density at radius 1 is 1.59 bits per heavy atom. The van der Waals surface area contributed by atoms with E-state index in [0.717, 1.165) is 12.8 Å². The van der Waals surface area contributed by atoms with Gasteiger partial charge in [0.15, 0.2) is 6.54 Å². The predicted molar refractivity (Wildman–Crippen MR) is 59.3 cm³/mol. The van der Waals surface area contributed by atoms with Crippen molar-refractivity contribution in [2.24, 2.45) is 0 Å². The highest BCUT2D eigenvalue weighted by atomic mass is 16.6. The Hall–Kier alpha value is -2.18. The van der Waals surface area contributed by atoms with Crippen LogP contribution in [0.15, 0.2) is 18.3 Å². The molecule has 0 bridgehead atoms. The van der Waals surface area contributed by atoms with E-state index in [9.17, 15) is 14.9 Å². The molecule has 2 rings (SSSR count). The first kappa shape index (κ1) is 11.3. The zero-order valence-corrected chi connectivity index (χ0v) is 9.10. The maximum atomic E-state index is 11.4. The van der Waals surface area contributed by atoms with Gasteiger partial charge in [-0.05, 0) is 18.9 Å². The third-order valence-corrected chi connectivity index (χ3v) is 2.40. The second kappa shape index (κ2) is 4.77. The number of anilines is 1. The number of nitrogens with one attached hydrogen (secondary N) is 3. The molecule has 3 N–H and O–H groups in total. The zero-order chi connectivity index (χ0) is 12.3. The van der Waals surface area contributed by atoms with Crippen molar-refractivity contribution in [1.82, 2.24) is 5.32 Å². The molecule has 1 fully saturated rings. The van der Waals surface area contributed by atoms with Crippen LogP contribution in [0.25, 0.3) is 0 Å². The Morgan fingerprint density at radius 3 is 3.00 bits per heavy atom. The predicted octanol–water partition coefficient (Wildman–Crippen LogP) is 0.0994. The van der Waals surface area contributed by atoms with E-state index < -0.39 is 4.92 Å². The molecule has 1 aromatic heterocycles. The van der Waals surface area contributed by atoms with Crippen molar-refractivity contribution in [3.05, 3.63) is 28.4 Å². The molecule has 1 amide bonds. The van der Waals surface area contributed by atoms with Crippen molar-refractivity contribution in [3.63, 3.8) is 0 Å². The van der Waals surface area contributed by atoms with E-state index in [0.29, 0.717) is 6.04 Å². The summed E-state index contributed by atoms with van der Waals surface area (Å²) in [4.78, 5) is 24.3. The van der Waals surface area contributed by atoms with Crippen LogP contribution in [-0.4, -0.2) is 23.4 Å². The van der Waals surface area contributed by atoms with Crippen LogP contribution in [0.4, 0.5) is 11.5 Å². The molecule has 0 aromatic carbocycles. The van der Waals surface area contributed by atoms with Crippen LogP contribution in [0.5, 0.6) is 0 Å². The Balaban J connectivity index is 1.93. The van der Waals surface area contributed by atoms with Gasteiger partial charge in [0.05, 0.1) is 11.1 Å². The normalized spacial score (nSPS) is 14.1. The average molecular weight is 237 g/mol. The minimum atomic E-state index is -0.502. The maximum absolute atomic E-state index is 11.4. The minimum absolute atomic E-state index is 0.0256. The largest absolute Gasteiger partial charge is 0.357 e. The van der Waals surface area contributed by atoms with Crippen molar-refractivity contribution in [1.29, 1.82) is 0 Å². The van der Waals surface area contributed by atoms with Gasteiger partial charge in [-0.2, -0.15) is 0 Å². The highest BCUT2D eigenvalue weighted by molar-refractivity contribution is 5.81. The number of hydrogen-bond acceptors (Lipinski definition) is 4. The number of aromatic amines is 1. The summed E-state index contributed by atoms with van der Waals surface area (Å²) < 4.78 is 0. The van der Waals surface area contributed by atoms with Crippen LogP contribution in [-0.2, 0) is 4.79 Å². The lowest BCUT2D eigenvalue weighted by atomic mass is 10.4. The molecule has 0 saturated heterocycles. The molecule has 1 aliphatic rings. The van der Waals surface area contributed by atoms with Crippen LogP contribution in [0.2, 0.25) is 0 Å². The maximum Gasteiger partial charge on any atom is 0.357 e. The lowest BCUT2D eigenvalue weighted by molar-refractivity contribution is -0.409. The SMILES string of the molecule is O=C(CNc1[nH+]cccc1[N+](=O)[O-])NC1CC1. The van der Waals surface area contributed by atoms with Crippen LogP contribution in [0, 0.1) is 10.1 Å². The number of aromatic nitrogens is 1. The molecule has 0 atom stereocenters. The lowest BCUT2D eigenvalue weighted by Crippen LogP contribution is -2.32. The number of rotatable bonds is 5. The number of pyridine rings is 1. The van der Waals surface area contributed by atoms with Crippen LogP contribution < -0.4 is 15.6 Å². The molecule has 1 heterocycles. The van der Waals surface area contributed by atoms with Gasteiger partial charge in [-0.15, -0.1) is 0 Å². The van der Waals surface area contributed by atoms with Gasteiger partial charge in [0.1, 0.15) is 0 Å². The van der Waals surface area contributed by atoms with Gasteiger partial charge in [-0.3, -0.25) is 20.2 Å². The average Bonchev–Trinajstić information content (AvgIpc) is 3.10. The Labute approximate surface area is 97.4 Å². The Bertz CT molecular complexity index is 445. The van der Waals surface area contributed by atoms with Crippen molar-refractivity contribution >= 4 is 17.4 Å². The van der Waals surface area contributed by atoms with E-state index in [2.05, 4.69) is 15.6 Å². The fraction of sp³-hybridized carbons (Fsp3) is 0.400. The first-order chi connectivity index (χ1) is 8.16. The number of nitrogens with zero attached hydrogens (tertiary/aromatic N) is 1. The van der Waals surface area contributed by atoms with E-state index in [1.165, 1.54) is 12.1 Å². The zero-order valence-electron chi connectivity index (χ0n) is 9.10. The topological polar surface area (TPSA) is 98.4 Å². The van der Waals surface area contributed by atoms with Gasteiger partial charge < -0.3 is 5.32 Å². The smallest absolute Gasteiger partial charge is 0.350 e. The summed E-state index contributed by atoms with van der Waals surface area (Å²) in [5, 5.41) is 16.2. The number of hydrogen-bond donors (Lipinski definition) is 2. The summed E-state index contributed by atoms with van der Waals surface area (Å²) in [5.74, 6) is 0.0856. The van der Waals surface area contributed by atoms with E-state index in [1.54, 1.807) is 6.20 Å². The first-order valence-electron chi connectivity index (χ1n) is 5.35. The quantitative estimate of drug-likeness (QED) is 0.560. The fourth-order valence-electron chi connectivity index (χ4n) is 1.40. The number of H-pyrrole nitrogens is 1. The molecule has 1 saturated carbocycles. The first-order valence-corrected chi connectivity index (χ1v) is 5.35. The highest BCUT2D eigenvalue weighted by Crippen LogP contribution is 2.19. The van der Waals surface area contributed by atoms with Crippen molar-refractivity contribution in [2.45, 2.75) is 18.9 Å². The molecule has 1 aromatic rings. The summed E-state index contributed by atoms with van der Waals surface area (Å²) >= 11 is 0. The van der Waals surface area contributed by atoms with E-state index in [1.807, 2.05) is 0 Å². The Kier molecular flexibility index (Phi) is 3.17. The van der Waals surface area contributed by atoms with Crippen LogP contribution >= 0.6 is 0 Å². The fourth-order valence-corrected chi connectivity index (χ4v) is 1.40. The summed E-state index contributed by atoms with van der Waals surface area (Å²) in [5.41, 5.74) is -0.0771. The highest BCUT2D eigenvalue weighted by Gasteiger charge is 2.25. The van der Waals surface area contributed by atoms with Crippen LogP contribution in [0.3, 0.4) is 0 Å². The molecule has 0 radical (unpaired) electrons. The summed E-state index contributed by atoms with van der Waals surface area (Å²) in [6.45, 7) is 0.0256. The molecule has 1 aliphatic carbocycles.